The normalized spacial score (nSPS) is 9.77. The number of ether oxygens (including phenoxy) is 3. The summed E-state index contributed by atoms with van der Waals surface area (Å²) in [6.07, 6.45) is 0. The minimum absolute atomic E-state index is 0.682. The maximum absolute atomic E-state index is 5.12. The summed E-state index contributed by atoms with van der Waals surface area (Å²) in [5.74, 6) is 1.43. The van der Waals surface area contributed by atoms with Crippen LogP contribution >= 0.6 is 0 Å². The van der Waals surface area contributed by atoms with E-state index in [2.05, 4.69) is 6.61 Å². The van der Waals surface area contributed by atoms with Gasteiger partial charge in [-0.3, -0.25) is 0 Å². The summed E-state index contributed by atoms with van der Waals surface area (Å²) in [7, 11) is 4.75. The van der Waals surface area contributed by atoms with E-state index in [0.717, 1.165) is 11.3 Å². The van der Waals surface area contributed by atoms with Gasteiger partial charge in [-0.05, 0) is 12.1 Å². The maximum Gasteiger partial charge on any atom is 0.169 e. The second kappa shape index (κ2) is 4.72. The monoisotopic (exact) mass is 180 g/mol. The Morgan fingerprint density at radius 1 is 1.08 bits per heavy atom. The third-order valence-corrected chi connectivity index (χ3v) is 1.62. The van der Waals surface area contributed by atoms with E-state index < -0.39 is 0 Å². The van der Waals surface area contributed by atoms with Gasteiger partial charge < -0.3 is 14.2 Å². The summed E-state index contributed by atoms with van der Waals surface area (Å²) in [5.41, 5.74) is 0.769. The Bertz CT molecular complexity index is 271. The van der Waals surface area contributed by atoms with Crippen molar-refractivity contribution in [3.8, 4) is 11.5 Å². The van der Waals surface area contributed by atoms with Crippen LogP contribution in [0.1, 0.15) is 5.56 Å². The molecular weight excluding hydrogens is 168 g/mol. The molecule has 0 aromatic heterocycles. The Hall–Kier alpha value is -1.22. The number of methoxy groups -OCH3 is 3. The lowest BCUT2D eigenvalue weighted by Gasteiger charge is -2.08. The van der Waals surface area contributed by atoms with Crippen LogP contribution in [0.5, 0.6) is 11.5 Å². The third-order valence-electron chi connectivity index (χ3n) is 1.62. The largest absolute Gasteiger partial charge is 0.497 e. The molecule has 0 amide bonds. The molecule has 0 atom stereocenters. The molecule has 1 aromatic rings. The lowest BCUT2D eigenvalue weighted by atomic mass is 10.2. The van der Waals surface area contributed by atoms with Gasteiger partial charge in [-0.2, -0.15) is 0 Å². The van der Waals surface area contributed by atoms with Gasteiger partial charge in [0.1, 0.15) is 11.5 Å². The molecule has 3 heteroatoms. The zero-order valence-electron chi connectivity index (χ0n) is 7.96. The molecule has 1 rings (SSSR count). The van der Waals surface area contributed by atoms with Crippen molar-refractivity contribution in [2.45, 2.75) is 0 Å². The van der Waals surface area contributed by atoms with Crippen LogP contribution in [0.4, 0.5) is 0 Å². The highest BCUT2D eigenvalue weighted by molar-refractivity contribution is 5.43. The molecule has 0 saturated heterocycles. The zero-order chi connectivity index (χ0) is 9.68. The smallest absolute Gasteiger partial charge is 0.169 e. The van der Waals surface area contributed by atoms with E-state index in [1.807, 2.05) is 12.1 Å². The third kappa shape index (κ3) is 2.36. The first-order valence-electron chi connectivity index (χ1n) is 3.83. The van der Waals surface area contributed by atoms with E-state index in [4.69, 9.17) is 14.2 Å². The molecule has 70 valence electrons. The van der Waals surface area contributed by atoms with Crippen molar-refractivity contribution in [2.24, 2.45) is 0 Å². The SMILES string of the molecule is CO[C]c1ccc(OC)cc1OC. The Kier molecular flexibility index (Phi) is 3.58. The number of benzene rings is 1. The summed E-state index contributed by atoms with van der Waals surface area (Å²) in [6, 6.07) is 5.42. The Morgan fingerprint density at radius 2 is 1.85 bits per heavy atom. The molecule has 0 spiro atoms. The molecule has 0 aliphatic rings. The Morgan fingerprint density at radius 3 is 2.38 bits per heavy atom. The van der Waals surface area contributed by atoms with Gasteiger partial charge in [-0.15, -0.1) is 0 Å². The summed E-state index contributed by atoms with van der Waals surface area (Å²) < 4.78 is 14.9. The Labute approximate surface area is 78.2 Å². The molecule has 0 aliphatic heterocycles. The molecule has 0 aliphatic carbocycles. The predicted molar refractivity (Wildman–Crippen MR) is 48.9 cm³/mol. The van der Waals surface area contributed by atoms with Crippen LogP contribution in [0, 0.1) is 6.61 Å². The molecule has 0 fully saturated rings. The number of hydrogen-bond donors (Lipinski definition) is 0. The van der Waals surface area contributed by atoms with Crippen LogP contribution in [0.2, 0.25) is 0 Å². The van der Waals surface area contributed by atoms with Crippen LogP contribution in [0.25, 0.3) is 0 Å². The van der Waals surface area contributed by atoms with E-state index in [1.54, 1.807) is 27.4 Å². The number of hydrogen-bond acceptors (Lipinski definition) is 3. The van der Waals surface area contributed by atoms with Gasteiger partial charge in [0.05, 0.1) is 14.2 Å². The van der Waals surface area contributed by atoms with E-state index in [1.165, 1.54) is 0 Å². The minimum Gasteiger partial charge on any atom is -0.497 e. The molecule has 0 unspecified atom stereocenters. The highest BCUT2D eigenvalue weighted by Gasteiger charge is 2.04. The van der Waals surface area contributed by atoms with Crippen molar-refractivity contribution >= 4 is 0 Å². The second-order valence-electron chi connectivity index (χ2n) is 2.37. The standard InChI is InChI=1S/C10H12O3/c1-11-7-8-4-5-9(12-2)6-10(8)13-3/h4-6H,1-3H3. The van der Waals surface area contributed by atoms with Gasteiger partial charge >= 0.3 is 0 Å². The van der Waals surface area contributed by atoms with E-state index in [9.17, 15) is 0 Å². The van der Waals surface area contributed by atoms with Crippen molar-refractivity contribution in [1.29, 1.82) is 0 Å². The van der Waals surface area contributed by atoms with Gasteiger partial charge in [-0.1, -0.05) is 0 Å². The lowest BCUT2D eigenvalue weighted by molar-refractivity contribution is 0.287. The molecular formula is C10H12O3. The van der Waals surface area contributed by atoms with Crippen LogP contribution in [-0.2, 0) is 4.74 Å². The number of rotatable bonds is 4. The van der Waals surface area contributed by atoms with E-state index in [0.29, 0.717) is 5.75 Å². The van der Waals surface area contributed by atoms with E-state index in [-0.39, 0.29) is 0 Å². The van der Waals surface area contributed by atoms with Gasteiger partial charge in [0.15, 0.2) is 6.61 Å². The molecule has 0 heterocycles. The zero-order valence-corrected chi connectivity index (χ0v) is 7.96. The molecule has 1 aromatic carbocycles. The molecule has 0 saturated carbocycles. The summed E-state index contributed by atoms with van der Waals surface area (Å²) in [6.45, 7) is 2.70. The average molecular weight is 180 g/mol. The van der Waals surface area contributed by atoms with Gasteiger partial charge in [0.25, 0.3) is 0 Å². The fraction of sp³-hybridized carbons (Fsp3) is 0.300. The summed E-state index contributed by atoms with van der Waals surface area (Å²) >= 11 is 0. The maximum atomic E-state index is 5.12. The first-order chi connectivity index (χ1) is 6.31. The first kappa shape index (κ1) is 9.86. The fourth-order valence-corrected chi connectivity index (χ4v) is 0.993. The minimum atomic E-state index is 0.682. The van der Waals surface area contributed by atoms with Crippen molar-refractivity contribution in [3.63, 3.8) is 0 Å². The average Bonchev–Trinajstić information content (AvgIpc) is 2.19. The summed E-state index contributed by atoms with van der Waals surface area (Å²) in [4.78, 5) is 0. The quantitative estimate of drug-likeness (QED) is 0.706. The van der Waals surface area contributed by atoms with Crippen LogP contribution < -0.4 is 9.47 Å². The van der Waals surface area contributed by atoms with Crippen LogP contribution in [-0.4, -0.2) is 21.3 Å². The van der Waals surface area contributed by atoms with Crippen molar-refractivity contribution in [3.05, 3.63) is 30.4 Å². The fourth-order valence-electron chi connectivity index (χ4n) is 0.993. The van der Waals surface area contributed by atoms with Crippen LogP contribution in [0.15, 0.2) is 18.2 Å². The highest BCUT2D eigenvalue weighted by Crippen LogP contribution is 2.25. The lowest BCUT2D eigenvalue weighted by Crippen LogP contribution is -1.93. The van der Waals surface area contributed by atoms with Crippen molar-refractivity contribution in [2.75, 3.05) is 21.3 Å². The summed E-state index contributed by atoms with van der Waals surface area (Å²) in [5, 5.41) is 0. The predicted octanol–water partition coefficient (Wildman–Crippen LogP) is 1.74. The Balaban J connectivity index is 2.93. The van der Waals surface area contributed by atoms with Crippen molar-refractivity contribution < 1.29 is 14.2 Å². The van der Waals surface area contributed by atoms with Crippen LogP contribution in [0.3, 0.4) is 0 Å². The first-order valence-corrected chi connectivity index (χ1v) is 3.83. The molecule has 3 nitrogen and oxygen atoms in total. The molecule has 2 radical (unpaired) electrons. The van der Waals surface area contributed by atoms with Gasteiger partial charge in [-0.25, -0.2) is 0 Å². The molecule has 0 bridgehead atoms. The van der Waals surface area contributed by atoms with Crippen molar-refractivity contribution in [1.82, 2.24) is 0 Å². The van der Waals surface area contributed by atoms with E-state index >= 15 is 0 Å². The second-order valence-corrected chi connectivity index (χ2v) is 2.37. The molecule has 13 heavy (non-hydrogen) atoms. The van der Waals surface area contributed by atoms with Gasteiger partial charge in [0.2, 0.25) is 0 Å². The highest BCUT2D eigenvalue weighted by atomic mass is 16.5. The molecule has 0 N–H and O–H groups in total. The topological polar surface area (TPSA) is 27.7 Å². The van der Waals surface area contributed by atoms with Gasteiger partial charge in [0, 0.05) is 18.7 Å².